The molecule has 4 heterocycles. The number of nitrogen functional groups attached to an aromatic ring is 1. The van der Waals surface area contributed by atoms with Gasteiger partial charge in [-0.2, -0.15) is 13.9 Å². The molecule has 15 heteroatoms. The molecule has 2 atom stereocenters. The summed E-state index contributed by atoms with van der Waals surface area (Å²) in [5.41, 5.74) is 9.34. The van der Waals surface area contributed by atoms with Crippen molar-refractivity contribution in [3.63, 3.8) is 0 Å². The molecular formula is C20H22N7O5S3+. The number of carboxylic acids is 1. The number of aliphatic carboxylic acids is 1. The van der Waals surface area contributed by atoms with Crippen molar-refractivity contribution in [3.8, 4) is 0 Å². The van der Waals surface area contributed by atoms with Gasteiger partial charge in [0.25, 0.3) is 11.8 Å². The number of rotatable bonds is 7. The van der Waals surface area contributed by atoms with Crippen LogP contribution in [-0.4, -0.2) is 67.1 Å². The minimum absolute atomic E-state index is 0.00719. The first-order chi connectivity index (χ1) is 16.9. The number of oxime groups is 1. The van der Waals surface area contributed by atoms with E-state index in [-0.39, 0.29) is 22.4 Å². The number of aryl methyl sites for hydroxylation is 1. The van der Waals surface area contributed by atoms with E-state index in [1.165, 1.54) is 40.8 Å². The van der Waals surface area contributed by atoms with Crippen molar-refractivity contribution in [2.24, 2.45) is 5.16 Å². The maximum Gasteiger partial charge on any atom is 0.352 e. The van der Waals surface area contributed by atoms with Gasteiger partial charge in [0.05, 0.1) is 4.88 Å². The molecule has 4 N–H and O–H groups in total. The zero-order chi connectivity index (χ0) is 24.7. The van der Waals surface area contributed by atoms with Crippen LogP contribution in [0, 0.1) is 0 Å². The molecule has 1 aliphatic carbocycles. The number of hydrogen-bond donors (Lipinski definition) is 3. The molecule has 12 nitrogen and oxygen atoms in total. The number of nitrogens with one attached hydrogen (secondary N) is 1. The summed E-state index contributed by atoms with van der Waals surface area (Å²) in [6, 6.07) is -0.914. The standard InChI is InChI=1S/C20H21N7O5S3/c1-32-24-12(15-23-20(21)35-25-15)16(28)22-13-17(29)27-14(19(30)31)9(7-33-18(13)27)6-26-8-34-11-5-3-2-4-10(11)26/h8,13,18H,2-7H2,1H3,(H3-,21,22,23,25,28,30,31)/p+1/b24-12-/t13-,18-/m1/s1. The number of thiazole rings is 1. The van der Waals surface area contributed by atoms with Crippen molar-refractivity contribution in [1.82, 2.24) is 19.6 Å². The molecule has 35 heavy (non-hydrogen) atoms. The number of nitrogens with zero attached hydrogens (tertiary/aromatic N) is 5. The Morgan fingerprint density at radius 3 is 2.91 bits per heavy atom. The summed E-state index contributed by atoms with van der Waals surface area (Å²) >= 11 is 4.01. The molecule has 0 saturated carbocycles. The third-order valence-electron chi connectivity index (χ3n) is 6.01. The van der Waals surface area contributed by atoms with Crippen LogP contribution in [0.25, 0.3) is 0 Å². The van der Waals surface area contributed by atoms with E-state index in [1.54, 1.807) is 11.3 Å². The van der Waals surface area contributed by atoms with E-state index < -0.39 is 29.2 Å². The predicted molar refractivity (Wildman–Crippen MR) is 129 cm³/mol. The molecule has 5 rings (SSSR count). The van der Waals surface area contributed by atoms with Crippen LogP contribution in [0.15, 0.2) is 21.9 Å². The first-order valence-electron chi connectivity index (χ1n) is 10.8. The molecule has 0 bridgehead atoms. The minimum Gasteiger partial charge on any atom is -0.477 e. The number of nitrogens with two attached hydrogens (primary N) is 1. The smallest absolute Gasteiger partial charge is 0.352 e. The number of β-lactam (4-membered cyclic amide) rings is 1. The summed E-state index contributed by atoms with van der Waals surface area (Å²) < 4.78 is 6.08. The van der Waals surface area contributed by atoms with Crippen molar-refractivity contribution >= 4 is 63.3 Å². The van der Waals surface area contributed by atoms with Gasteiger partial charge < -0.3 is 21.0 Å². The summed E-state index contributed by atoms with van der Waals surface area (Å²) in [6.45, 7) is 0.426. The summed E-state index contributed by atoms with van der Waals surface area (Å²) in [5.74, 6) is -1.95. The summed E-state index contributed by atoms with van der Waals surface area (Å²) in [5, 5.41) is 15.9. The monoisotopic (exact) mass is 536 g/mol. The van der Waals surface area contributed by atoms with Gasteiger partial charge in [-0.25, -0.2) is 4.79 Å². The van der Waals surface area contributed by atoms with Gasteiger partial charge in [0, 0.05) is 29.3 Å². The van der Waals surface area contributed by atoms with Crippen molar-refractivity contribution in [2.75, 3.05) is 18.6 Å². The zero-order valence-electron chi connectivity index (χ0n) is 18.6. The molecule has 0 unspecified atom stereocenters. The number of amides is 2. The molecule has 2 amide bonds. The topological polar surface area (TPSA) is 164 Å². The van der Waals surface area contributed by atoms with Crippen molar-refractivity contribution in [3.05, 3.63) is 33.2 Å². The van der Waals surface area contributed by atoms with Gasteiger partial charge in [0.1, 0.15) is 24.2 Å². The molecule has 0 radical (unpaired) electrons. The Kier molecular flexibility index (Phi) is 6.46. The first-order valence-corrected chi connectivity index (χ1v) is 13.5. The van der Waals surface area contributed by atoms with Gasteiger partial charge in [-0.05, 0) is 19.3 Å². The molecule has 2 aliphatic heterocycles. The number of anilines is 1. The molecule has 0 aromatic carbocycles. The van der Waals surface area contributed by atoms with E-state index in [1.807, 2.05) is 5.51 Å². The maximum absolute atomic E-state index is 13.0. The fraction of sp³-hybridized carbons (Fsp3) is 0.450. The highest BCUT2D eigenvalue weighted by atomic mass is 32.2. The van der Waals surface area contributed by atoms with Crippen LogP contribution in [0.4, 0.5) is 5.13 Å². The second-order valence-electron chi connectivity index (χ2n) is 8.13. The molecule has 1 fully saturated rings. The molecule has 3 aliphatic rings. The number of carbonyl (C=O) groups is 3. The average Bonchev–Trinajstić information content (AvgIpc) is 3.46. The molecule has 1 saturated heterocycles. The van der Waals surface area contributed by atoms with Crippen LogP contribution in [0.2, 0.25) is 0 Å². The molecule has 2 aromatic rings. The van der Waals surface area contributed by atoms with Gasteiger partial charge in [0.15, 0.2) is 17.4 Å². The third-order valence-corrected chi connectivity index (χ3v) is 8.97. The van der Waals surface area contributed by atoms with E-state index >= 15 is 0 Å². The summed E-state index contributed by atoms with van der Waals surface area (Å²) in [7, 11) is 1.27. The highest BCUT2D eigenvalue weighted by Gasteiger charge is 2.55. The average molecular weight is 537 g/mol. The van der Waals surface area contributed by atoms with Crippen LogP contribution >= 0.6 is 34.6 Å². The van der Waals surface area contributed by atoms with Gasteiger partial charge in [-0.1, -0.05) is 16.5 Å². The van der Waals surface area contributed by atoms with E-state index in [0.29, 0.717) is 17.9 Å². The van der Waals surface area contributed by atoms with Crippen molar-refractivity contribution < 1.29 is 28.9 Å². The second-order valence-corrected chi connectivity index (χ2v) is 11.0. The van der Waals surface area contributed by atoms with Crippen molar-refractivity contribution in [2.45, 2.75) is 43.6 Å². The van der Waals surface area contributed by atoms with Crippen LogP contribution in [-0.2, 0) is 38.6 Å². The molecule has 2 aromatic heterocycles. The first kappa shape index (κ1) is 23.7. The Morgan fingerprint density at radius 1 is 1.40 bits per heavy atom. The molecular weight excluding hydrogens is 514 g/mol. The molecule has 0 spiro atoms. The Labute approximate surface area is 212 Å². The number of thioether (sulfide) groups is 1. The largest absolute Gasteiger partial charge is 0.477 e. The van der Waals surface area contributed by atoms with E-state index in [4.69, 9.17) is 10.6 Å². The quantitative estimate of drug-likeness (QED) is 0.193. The lowest BCUT2D eigenvalue weighted by molar-refractivity contribution is -0.692. The Bertz CT molecular complexity index is 1270. The van der Waals surface area contributed by atoms with Gasteiger partial charge >= 0.3 is 5.97 Å². The van der Waals surface area contributed by atoms with Gasteiger partial charge in [0.2, 0.25) is 17.0 Å². The summed E-state index contributed by atoms with van der Waals surface area (Å²) in [4.78, 5) is 49.4. The number of aromatic nitrogens is 3. The highest BCUT2D eigenvalue weighted by Crippen LogP contribution is 2.40. The fourth-order valence-corrected chi connectivity index (χ4v) is 7.29. The number of carboxylic acid groups (broad SMARTS) is 1. The Balaban J connectivity index is 1.35. The fourth-order valence-electron chi connectivity index (χ4n) is 4.44. The lowest BCUT2D eigenvalue weighted by Crippen LogP contribution is -2.71. The van der Waals surface area contributed by atoms with Crippen LogP contribution < -0.4 is 15.6 Å². The predicted octanol–water partition coefficient (Wildman–Crippen LogP) is 0.137. The SMILES string of the molecule is CO/N=C(\C(=O)N[C@@H]1C(=O)N2C(C(=O)O)=C(C[n+]3csc4c3CCCC4)CS[C@H]12)c1nsc(N)n1. The lowest BCUT2D eigenvalue weighted by atomic mass is 10.0. The van der Waals surface area contributed by atoms with E-state index in [2.05, 4.69) is 24.4 Å². The Morgan fingerprint density at radius 2 is 2.20 bits per heavy atom. The maximum atomic E-state index is 13.0. The number of hydrogen-bond acceptors (Lipinski definition) is 11. The third kappa shape index (κ3) is 4.27. The van der Waals surface area contributed by atoms with E-state index in [9.17, 15) is 19.5 Å². The number of carbonyl (C=O) groups excluding carboxylic acids is 2. The summed E-state index contributed by atoms with van der Waals surface area (Å²) in [6.07, 6.45) is 4.32. The van der Waals surface area contributed by atoms with Crippen molar-refractivity contribution in [1.29, 1.82) is 0 Å². The molecule has 184 valence electrons. The van der Waals surface area contributed by atoms with Crippen LogP contribution in [0.1, 0.15) is 29.2 Å². The Hall–Kier alpha value is -3.04. The van der Waals surface area contributed by atoms with Crippen LogP contribution in [0.3, 0.4) is 0 Å². The normalized spacial score (nSPS) is 21.8. The second kappa shape index (κ2) is 9.54. The highest BCUT2D eigenvalue weighted by molar-refractivity contribution is 8.00. The van der Waals surface area contributed by atoms with Gasteiger partial charge in [-0.3, -0.25) is 14.5 Å². The van der Waals surface area contributed by atoms with Gasteiger partial charge in [-0.15, -0.1) is 11.8 Å². The lowest BCUT2D eigenvalue weighted by Gasteiger charge is -2.49. The van der Waals surface area contributed by atoms with E-state index in [0.717, 1.165) is 30.8 Å². The number of fused-ring (bicyclic) bond motifs is 2. The minimum atomic E-state index is -1.16. The zero-order valence-corrected chi connectivity index (χ0v) is 21.0. The van der Waals surface area contributed by atoms with Crippen LogP contribution in [0.5, 0.6) is 0 Å².